The lowest BCUT2D eigenvalue weighted by molar-refractivity contribution is 0.0701. The van der Waals surface area contributed by atoms with E-state index in [-0.39, 0.29) is 15.9 Å². The maximum atomic E-state index is 12.7. The lowest BCUT2D eigenvalue weighted by Gasteiger charge is -2.19. The lowest BCUT2D eigenvalue weighted by atomic mass is 9.87. The van der Waals surface area contributed by atoms with Gasteiger partial charge >= 0.3 is 5.97 Å². The number of carboxylic acid groups (broad SMARTS) is 1. The van der Waals surface area contributed by atoms with Crippen LogP contribution in [0.1, 0.15) is 41.6 Å². The van der Waals surface area contributed by atoms with Gasteiger partial charge in [-0.25, -0.2) is 9.78 Å². The molecule has 0 unspecified atom stereocenters. The summed E-state index contributed by atoms with van der Waals surface area (Å²) in [5, 5.41) is 9.59. The Balaban J connectivity index is 1.74. The molecule has 0 saturated carbocycles. The molecule has 3 aromatic rings. The van der Waals surface area contributed by atoms with Gasteiger partial charge in [0.05, 0.1) is 18.3 Å². The first-order valence-electron chi connectivity index (χ1n) is 8.63. The molecule has 1 N–H and O–H groups in total. The van der Waals surface area contributed by atoms with Gasteiger partial charge in [0.15, 0.2) is 0 Å². The normalized spacial score (nSPS) is 11.7. The van der Waals surface area contributed by atoms with Crippen molar-refractivity contribution in [3.05, 3.63) is 57.0 Å². The number of aromatic nitrogens is 2. The number of benzene rings is 1. The minimum atomic E-state index is -1.04. The highest BCUT2D eigenvalue weighted by atomic mass is 32.1. The highest BCUT2D eigenvalue weighted by Crippen LogP contribution is 2.27. The fourth-order valence-corrected chi connectivity index (χ4v) is 3.81. The van der Waals surface area contributed by atoms with E-state index in [0.717, 1.165) is 17.1 Å². The minimum Gasteiger partial charge on any atom is -0.492 e. The first-order valence-corrected chi connectivity index (χ1v) is 9.45. The van der Waals surface area contributed by atoms with E-state index in [2.05, 4.69) is 25.8 Å². The van der Waals surface area contributed by atoms with Crippen LogP contribution in [0.5, 0.6) is 5.75 Å². The first-order chi connectivity index (χ1) is 12.7. The van der Waals surface area contributed by atoms with E-state index in [1.165, 1.54) is 16.5 Å². The first kappa shape index (κ1) is 19.1. The van der Waals surface area contributed by atoms with Gasteiger partial charge in [0.1, 0.15) is 22.1 Å². The van der Waals surface area contributed by atoms with Crippen LogP contribution in [0.25, 0.3) is 10.2 Å². The molecule has 2 heterocycles. The van der Waals surface area contributed by atoms with Gasteiger partial charge in [-0.1, -0.05) is 32.9 Å². The van der Waals surface area contributed by atoms with E-state index < -0.39 is 5.97 Å². The van der Waals surface area contributed by atoms with E-state index >= 15 is 0 Å². The number of hydrogen-bond donors (Lipinski definition) is 1. The summed E-state index contributed by atoms with van der Waals surface area (Å²) < 4.78 is 7.19. The third-order valence-corrected chi connectivity index (χ3v) is 5.62. The topological polar surface area (TPSA) is 81.4 Å². The molecule has 6 nitrogen and oxygen atoms in total. The molecule has 0 atom stereocenters. The van der Waals surface area contributed by atoms with Crippen molar-refractivity contribution in [2.75, 3.05) is 6.61 Å². The van der Waals surface area contributed by atoms with Crippen LogP contribution in [0, 0.1) is 6.92 Å². The molecule has 2 aromatic heterocycles. The van der Waals surface area contributed by atoms with Gasteiger partial charge in [0, 0.05) is 0 Å². The van der Waals surface area contributed by atoms with Gasteiger partial charge in [-0.05, 0) is 35.6 Å². The molecule has 7 heteroatoms. The Morgan fingerprint density at radius 3 is 2.52 bits per heavy atom. The molecule has 0 aliphatic carbocycles. The molecular formula is C20H22N2O4S. The van der Waals surface area contributed by atoms with Crippen LogP contribution in [0.15, 0.2) is 35.4 Å². The second-order valence-electron chi connectivity index (χ2n) is 7.41. The lowest BCUT2D eigenvalue weighted by Crippen LogP contribution is -2.23. The summed E-state index contributed by atoms with van der Waals surface area (Å²) in [4.78, 5) is 28.8. The molecule has 0 fully saturated rings. The smallest absolute Gasteiger partial charge is 0.346 e. The Kier molecular flexibility index (Phi) is 5.06. The largest absolute Gasteiger partial charge is 0.492 e. The number of fused-ring (bicyclic) bond motifs is 1. The van der Waals surface area contributed by atoms with Crippen molar-refractivity contribution in [1.29, 1.82) is 0 Å². The molecule has 1 aromatic carbocycles. The second kappa shape index (κ2) is 7.15. The SMILES string of the molecule is Cc1c(C(=O)O)sc2ncn(CCOc3ccc(C(C)(C)C)cc3)c(=O)c12. The van der Waals surface area contributed by atoms with E-state index in [4.69, 9.17) is 4.74 Å². The Labute approximate surface area is 161 Å². The third-order valence-electron chi connectivity index (χ3n) is 4.43. The van der Waals surface area contributed by atoms with Crippen LogP contribution in [0.3, 0.4) is 0 Å². The quantitative estimate of drug-likeness (QED) is 0.720. The average Bonchev–Trinajstić information content (AvgIpc) is 2.94. The molecule has 3 rings (SSSR count). The van der Waals surface area contributed by atoms with Gasteiger partial charge in [-0.3, -0.25) is 9.36 Å². The molecule has 0 saturated heterocycles. The van der Waals surface area contributed by atoms with Crippen LogP contribution in [0.2, 0.25) is 0 Å². The predicted molar refractivity (Wildman–Crippen MR) is 106 cm³/mol. The maximum absolute atomic E-state index is 12.7. The highest BCUT2D eigenvalue weighted by molar-refractivity contribution is 7.20. The second-order valence-corrected chi connectivity index (χ2v) is 8.41. The van der Waals surface area contributed by atoms with Crippen molar-refractivity contribution in [2.45, 2.75) is 39.7 Å². The van der Waals surface area contributed by atoms with Gasteiger partial charge in [0.2, 0.25) is 0 Å². The Bertz CT molecular complexity index is 1040. The highest BCUT2D eigenvalue weighted by Gasteiger charge is 2.18. The van der Waals surface area contributed by atoms with Crippen LogP contribution in [-0.4, -0.2) is 27.2 Å². The average molecular weight is 386 g/mol. The summed E-state index contributed by atoms with van der Waals surface area (Å²) >= 11 is 1.02. The van der Waals surface area contributed by atoms with Crippen molar-refractivity contribution in [2.24, 2.45) is 0 Å². The summed E-state index contributed by atoms with van der Waals surface area (Å²) in [7, 11) is 0. The van der Waals surface area contributed by atoms with Crippen LogP contribution in [0.4, 0.5) is 0 Å². The van der Waals surface area contributed by atoms with Crippen molar-refractivity contribution < 1.29 is 14.6 Å². The number of carbonyl (C=O) groups is 1. The number of aryl methyl sites for hydroxylation is 1. The van der Waals surface area contributed by atoms with Crippen molar-refractivity contribution >= 4 is 27.5 Å². The van der Waals surface area contributed by atoms with Gasteiger partial charge in [-0.15, -0.1) is 11.3 Å². The van der Waals surface area contributed by atoms with Gasteiger partial charge in [-0.2, -0.15) is 0 Å². The Morgan fingerprint density at radius 2 is 1.93 bits per heavy atom. The zero-order valence-electron chi connectivity index (χ0n) is 15.8. The van der Waals surface area contributed by atoms with Crippen LogP contribution < -0.4 is 10.3 Å². The number of hydrogen-bond acceptors (Lipinski definition) is 5. The standard InChI is InChI=1S/C20H22N2O4S/c1-12-15-17(27-16(12)19(24)25)21-11-22(18(15)23)9-10-26-14-7-5-13(6-8-14)20(2,3)4/h5-8,11H,9-10H2,1-4H3,(H,24,25). The van der Waals surface area contributed by atoms with E-state index in [1.54, 1.807) is 6.92 Å². The molecule has 0 radical (unpaired) electrons. The number of carboxylic acids is 1. The fourth-order valence-electron chi connectivity index (χ4n) is 2.84. The monoisotopic (exact) mass is 386 g/mol. The summed E-state index contributed by atoms with van der Waals surface area (Å²) in [6.07, 6.45) is 1.44. The molecular weight excluding hydrogens is 364 g/mol. The van der Waals surface area contributed by atoms with Crippen LogP contribution >= 0.6 is 11.3 Å². The minimum absolute atomic E-state index is 0.0835. The van der Waals surface area contributed by atoms with Gasteiger partial charge < -0.3 is 9.84 Å². The molecule has 27 heavy (non-hydrogen) atoms. The fraction of sp³-hybridized carbons (Fsp3) is 0.350. The summed E-state index contributed by atoms with van der Waals surface area (Å²) in [5.74, 6) is -0.298. The molecule has 0 spiro atoms. The van der Waals surface area contributed by atoms with Gasteiger partial charge in [0.25, 0.3) is 5.56 Å². The predicted octanol–water partition coefficient (Wildman–Crippen LogP) is 3.84. The van der Waals surface area contributed by atoms with E-state index in [9.17, 15) is 14.7 Å². The Morgan fingerprint density at radius 1 is 1.26 bits per heavy atom. The summed E-state index contributed by atoms with van der Waals surface area (Å²) in [6, 6.07) is 7.93. The number of thiophene rings is 1. The number of ether oxygens (including phenoxy) is 1. The summed E-state index contributed by atoms with van der Waals surface area (Å²) in [5.41, 5.74) is 1.53. The number of aromatic carboxylic acids is 1. The van der Waals surface area contributed by atoms with Crippen molar-refractivity contribution in [3.63, 3.8) is 0 Å². The third kappa shape index (κ3) is 3.88. The molecule has 0 bridgehead atoms. The zero-order valence-corrected chi connectivity index (χ0v) is 16.6. The number of rotatable bonds is 5. The van der Waals surface area contributed by atoms with E-state index in [1.807, 2.05) is 24.3 Å². The molecule has 0 amide bonds. The van der Waals surface area contributed by atoms with Crippen molar-refractivity contribution in [3.8, 4) is 5.75 Å². The summed E-state index contributed by atoms with van der Waals surface area (Å²) in [6.45, 7) is 8.75. The maximum Gasteiger partial charge on any atom is 0.346 e. The Hall–Kier alpha value is -2.67. The van der Waals surface area contributed by atoms with Crippen molar-refractivity contribution in [1.82, 2.24) is 9.55 Å². The van der Waals surface area contributed by atoms with Crippen LogP contribution in [-0.2, 0) is 12.0 Å². The molecule has 0 aliphatic rings. The number of nitrogens with zero attached hydrogens (tertiary/aromatic N) is 2. The molecule has 142 valence electrons. The zero-order chi connectivity index (χ0) is 19.8. The van der Waals surface area contributed by atoms with E-state index in [0.29, 0.717) is 28.9 Å². The molecule has 0 aliphatic heterocycles.